The minimum atomic E-state index is 0. The van der Waals surface area contributed by atoms with Crippen LogP contribution in [-0.4, -0.2) is 14.1 Å². The molecule has 1 nitrogen and oxygen atoms in total. The van der Waals surface area contributed by atoms with Gasteiger partial charge in [0, 0.05) is 14.1 Å². The Morgan fingerprint density at radius 1 is 1.23 bits per heavy atom. The first kappa shape index (κ1) is 19.8. The first-order valence-corrected chi connectivity index (χ1v) is 12.3. The topological polar surface area (TPSA) is 3.24 Å². The summed E-state index contributed by atoms with van der Waals surface area (Å²) < 4.78 is 0. The van der Waals surface area contributed by atoms with Crippen LogP contribution in [0.4, 0.5) is 5.69 Å². The molecule has 0 aliphatic carbocycles. The second-order valence-corrected chi connectivity index (χ2v) is 2.15. The van der Waals surface area contributed by atoms with Crippen molar-refractivity contribution in [1.29, 1.82) is 0 Å². The normalized spacial score (nSPS) is 6.85. The summed E-state index contributed by atoms with van der Waals surface area (Å²) in [6.07, 6.45) is 0. The van der Waals surface area contributed by atoms with E-state index < -0.39 is 0 Å². The molecule has 0 fully saturated rings. The molecule has 1 aromatic carbocycles. The molecule has 5 heteroatoms. The zero-order valence-corrected chi connectivity index (χ0v) is 14.1. The van der Waals surface area contributed by atoms with E-state index in [1.165, 1.54) is 20.5 Å². The van der Waals surface area contributed by atoms with Crippen LogP contribution in [0, 0.1) is 6.07 Å². The van der Waals surface area contributed by atoms with Crippen LogP contribution in [0.3, 0.4) is 0 Å². The van der Waals surface area contributed by atoms with Gasteiger partial charge in [0.05, 0.1) is 0 Å². The molecule has 0 radical (unpaired) electrons. The van der Waals surface area contributed by atoms with Crippen LogP contribution in [0.15, 0.2) is 24.3 Å². The Morgan fingerprint density at radius 2 is 1.62 bits per heavy atom. The van der Waals surface area contributed by atoms with E-state index in [2.05, 4.69) is 30.7 Å². The quantitative estimate of drug-likeness (QED) is 0.287. The number of hydrogen-bond acceptors (Lipinski definition) is 1. The van der Waals surface area contributed by atoms with Crippen LogP contribution in [0.5, 0.6) is 0 Å². The van der Waals surface area contributed by atoms with Gasteiger partial charge >= 0.3 is 53.4 Å². The molecule has 0 N–H and O–H groups in total. The Kier molecular flexibility index (Phi) is 20.2. The Balaban J connectivity index is -0.000000234. The number of rotatable bonds is 1. The Hall–Kier alpha value is 1.26. The molecule has 0 amide bonds. The molecule has 1 rings (SSSR count). The van der Waals surface area contributed by atoms with E-state index in [1.807, 2.05) is 38.4 Å². The molecule has 64 valence electrons. The minimum absolute atomic E-state index is 0. The molecule has 1 aromatic rings. The molecule has 13 heavy (non-hydrogen) atoms. The van der Waals surface area contributed by atoms with Crippen molar-refractivity contribution in [3.63, 3.8) is 0 Å². The van der Waals surface area contributed by atoms with Crippen LogP contribution in [0.2, 0.25) is 0 Å². The first-order valence-electron chi connectivity index (χ1n) is 3.21. The molecule has 0 spiro atoms. The van der Waals surface area contributed by atoms with Crippen LogP contribution in [0.1, 0.15) is 0 Å². The van der Waals surface area contributed by atoms with Gasteiger partial charge < -0.3 is 17.3 Å². The van der Waals surface area contributed by atoms with Gasteiger partial charge in [-0.1, -0.05) is 5.69 Å². The van der Waals surface area contributed by atoms with Gasteiger partial charge in [-0.25, -0.2) is 0 Å². The van der Waals surface area contributed by atoms with Crippen molar-refractivity contribution in [3.8, 4) is 0 Å². The summed E-state index contributed by atoms with van der Waals surface area (Å²) in [6, 6.07) is 10.8. The van der Waals surface area contributed by atoms with Gasteiger partial charge in [-0.3, -0.25) is 0 Å². The molecule has 0 aromatic heterocycles. The van der Waals surface area contributed by atoms with Crippen molar-refractivity contribution in [1.82, 2.24) is 0 Å². The maximum absolute atomic E-state index is 2.96. The summed E-state index contributed by atoms with van der Waals surface area (Å²) in [6.45, 7) is 0. The first-order chi connectivity index (χ1) is 5.30. The standard InChI is InChI=1S/C8H10N.ClH.HI.Li.Zn/c1-9(2)8-6-4-3-5-7-8;;;;/h4-7H,1-2H3;2*1H;;/q-1;;;+1;+2/p-2. The van der Waals surface area contributed by atoms with E-state index in [9.17, 15) is 0 Å². The van der Waals surface area contributed by atoms with Crippen molar-refractivity contribution in [2.24, 2.45) is 0 Å². The summed E-state index contributed by atoms with van der Waals surface area (Å²) in [4.78, 5) is 2.06. The Bertz CT molecular complexity index is 187. The molecular formula is C8H10ClILiNZn. The summed E-state index contributed by atoms with van der Waals surface area (Å²) in [7, 11) is 4.05. The molecular weight excluding hydrogens is 345 g/mol. The van der Waals surface area contributed by atoms with Crippen molar-refractivity contribution in [2.45, 2.75) is 0 Å². The van der Waals surface area contributed by atoms with Gasteiger partial charge in [0.15, 0.2) is 0 Å². The third kappa shape index (κ3) is 9.56. The Morgan fingerprint density at radius 3 is 1.85 bits per heavy atom. The monoisotopic (exact) mass is 353 g/mol. The fraction of sp³-hybridized carbons (Fsp3) is 0.250. The summed E-state index contributed by atoms with van der Waals surface area (Å²) >= 11 is 3.62. The number of benzene rings is 1. The average Bonchev–Trinajstić information content (AvgIpc) is 2.10. The van der Waals surface area contributed by atoms with E-state index in [-0.39, 0.29) is 31.3 Å². The SMILES string of the molecule is CN(C)c1cc[c-]cc1.[Cl-].[Li+].[Zn+][I]. The summed E-state index contributed by atoms with van der Waals surface area (Å²) in [5, 5.41) is 0. The molecule has 0 unspecified atom stereocenters. The number of hydrogen-bond donors (Lipinski definition) is 0. The third-order valence-corrected chi connectivity index (χ3v) is 1.22. The second-order valence-electron chi connectivity index (χ2n) is 2.15. The predicted octanol–water partition coefficient (Wildman–Crippen LogP) is -3.56. The zero-order valence-electron chi connectivity index (χ0n) is 8.22. The van der Waals surface area contributed by atoms with Gasteiger partial charge in [0.1, 0.15) is 0 Å². The fourth-order valence-electron chi connectivity index (χ4n) is 0.676. The number of halogens is 2. The second kappa shape index (κ2) is 13.3. The number of anilines is 1. The third-order valence-electron chi connectivity index (χ3n) is 1.22. The van der Waals surface area contributed by atoms with Crippen molar-refractivity contribution in [2.75, 3.05) is 19.0 Å². The van der Waals surface area contributed by atoms with E-state index in [0.29, 0.717) is 0 Å². The average molecular weight is 355 g/mol. The molecule has 0 bridgehead atoms. The zero-order chi connectivity index (χ0) is 8.69. The van der Waals surface area contributed by atoms with Gasteiger partial charge in [-0.2, -0.15) is 18.2 Å². The van der Waals surface area contributed by atoms with Gasteiger partial charge in [-0.15, -0.1) is 12.1 Å². The molecule has 0 saturated heterocycles. The fourth-order valence-corrected chi connectivity index (χ4v) is 0.676. The van der Waals surface area contributed by atoms with Gasteiger partial charge in [-0.05, 0) is 0 Å². The predicted molar refractivity (Wildman–Crippen MR) is 53.6 cm³/mol. The van der Waals surface area contributed by atoms with E-state index in [1.54, 1.807) is 0 Å². The van der Waals surface area contributed by atoms with Gasteiger partial charge in [0.2, 0.25) is 0 Å². The molecule has 0 aliphatic rings. The number of nitrogens with zero attached hydrogens (tertiary/aromatic N) is 1. The van der Waals surface area contributed by atoms with Crippen molar-refractivity contribution < 1.29 is 46.1 Å². The van der Waals surface area contributed by atoms with Crippen LogP contribution in [-0.2, 0) is 14.8 Å². The van der Waals surface area contributed by atoms with E-state index in [4.69, 9.17) is 0 Å². The molecule has 0 atom stereocenters. The Labute approximate surface area is 119 Å². The van der Waals surface area contributed by atoms with Crippen LogP contribution >= 0.6 is 19.8 Å². The molecule has 0 saturated carbocycles. The molecule has 0 aliphatic heterocycles. The van der Waals surface area contributed by atoms with E-state index >= 15 is 0 Å². The van der Waals surface area contributed by atoms with Crippen LogP contribution in [0.25, 0.3) is 0 Å². The summed E-state index contributed by atoms with van der Waals surface area (Å²) in [5.74, 6) is 0. The van der Waals surface area contributed by atoms with Crippen molar-refractivity contribution >= 4 is 25.4 Å². The van der Waals surface area contributed by atoms with Crippen LogP contribution < -0.4 is 36.2 Å². The molecule has 0 heterocycles. The van der Waals surface area contributed by atoms with E-state index in [0.717, 1.165) is 0 Å². The summed E-state index contributed by atoms with van der Waals surface area (Å²) in [5.41, 5.74) is 1.22. The van der Waals surface area contributed by atoms with Crippen molar-refractivity contribution in [3.05, 3.63) is 30.3 Å². The maximum atomic E-state index is 2.96. The van der Waals surface area contributed by atoms with Gasteiger partial charge in [0.25, 0.3) is 0 Å².